The number of alkyl halides is 2. The summed E-state index contributed by atoms with van der Waals surface area (Å²) in [7, 11) is 0. The summed E-state index contributed by atoms with van der Waals surface area (Å²) in [6.45, 7) is -0.648. The minimum atomic E-state index is -2.89. The van der Waals surface area contributed by atoms with Crippen LogP contribution in [0.5, 0.6) is 5.75 Å². The first-order valence-corrected chi connectivity index (χ1v) is 6.58. The van der Waals surface area contributed by atoms with Crippen LogP contribution in [-0.2, 0) is 6.54 Å². The molecule has 0 atom stereocenters. The fraction of sp³-hybridized carbons (Fsp3) is 0.214. The molecular formula is C14H14F2N2O2S. The van der Waals surface area contributed by atoms with Crippen molar-refractivity contribution < 1.29 is 17.9 Å². The van der Waals surface area contributed by atoms with Crippen molar-refractivity contribution >= 4 is 23.0 Å². The van der Waals surface area contributed by atoms with Crippen molar-refractivity contribution in [3.8, 4) is 5.75 Å². The number of benzene rings is 1. The molecule has 0 fully saturated rings. The van der Waals surface area contributed by atoms with Crippen molar-refractivity contribution in [2.24, 2.45) is 0 Å². The van der Waals surface area contributed by atoms with Gasteiger partial charge in [-0.3, -0.25) is 0 Å². The first-order valence-electron chi connectivity index (χ1n) is 6.17. The highest BCUT2D eigenvalue weighted by molar-refractivity contribution is 7.80. The number of hydrogen-bond donors (Lipinski definition) is 2. The molecule has 2 rings (SSSR count). The number of thiocarbonyl (C=S) groups is 1. The van der Waals surface area contributed by atoms with Crippen molar-refractivity contribution in [1.29, 1.82) is 0 Å². The minimum Gasteiger partial charge on any atom is -0.467 e. The Hall–Kier alpha value is -2.15. The Labute approximate surface area is 126 Å². The number of rotatable bonds is 5. The summed E-state index contributed by atoms with van der Waals surface area (Å²) >= 11 is 5.12. The Morgan fingerprint density at radius 2 is 2.19 bits per heavy atom. The van der Waals surface area contributed by atoms with E-state index in [0.29, 0.717) is 18.0 Å². The number of halogens is 2. The summed E-state index contributed by atoms with van der Waals surface area (Å²) in [6.07, 6.45) is 1.56. The molecule has 112 valence electrons. The van der Waals surface area contributed by atoms with E-state index in [2.05, 4.69) is 15.4 Å². The van der Waals surface area contributed by atoms with Gasteiger partial charge in [-0.15, -0.1) is 0 Å². The molecule has 1 aromatic heterocycles. The maximum atomic E-state index is 12.4. The lowest BCUT2D eigenvalue weighted by Crippen LogP contribution is -2.28. The number of aryl methyl sites for hydroxylation is 1. The van der Waals surface area contributed by atoms with Crippen molar-refractivity contribution in [2.45, 2.75) is 20.1 Å². The number of hydrogen-bond acceptors (Lipinski definition) is 3. The van der Waals surface area contributed by atoms with E-state index in [1.807, 2.05) is 6.92 Å². The summed E-state index contributed by atoms with van der Waals surface area (Å²) in [6, 6.07) is 8.40. The summed E-state index contributed by atoms with van der Waals surface area (Å²) in [5, 5.41) is 6.04. The van der Waals surface area contributed by atoms with Crippen LogP contribution in [0, 0.1) is 6.92 Å². The Morgan fingerprint density at radius 1 is 1.38 bits per heavy atom. The molecule has 0 aliphatic rings. The molecule has 1 heterocycles. The molecular weight excluding hydrogens is 298 g/mol. The SMILES string of the molecule is Cc1ccc(OC(F)F)c(NC(=S)NCc2ccco2)c1. The molecule has 0 saturated carbocycles. The van der Waals surface area contributed by atoms with Gasteiger partial charge in [0, 0.05) is 0 Å². The molecule has 7 heteroatoms. The van der Waals surface area contributed by atoms with E-state index < -0.39 is 6.61 Å². The van der Waals surface area contributed by atoms with Crippen LogP contribution >= 0.6 is 12.2 Å². The third-order valence-electron chi connectivity index (χ3n) is 2.60. The topological polar surface area (TPSA) is 46.4 Å². The molecule has 0 spiro atoms. The monoisotopic (exact) mass is 312 g/mol. The zero-order valence-electron chi connectivity index (χ0n) is 11.2. The second-order valence-corrected chi connectivity index (χ2v) is 4.67. The average molecular weight is 312 g/mol. The molecule has 1 aromatic carbocycles. The third-order valence-corrected chi connectivity index (χ3v) is 2.85. The molecule has 0 bridgehead atoms. The van der Waals surface area contributed by atoms with E-state index in [9.17, 15) is 8.78 Å². The highest BCUT2D eigenvalue weighted by Crippen LogP contribution is 2.27. The number of anilines is 1. The third kappa shape index (κ3) is 4.71. The Kier molecular flexibility index (Phi) is 5.10. The molecule has 0 aliphatic heterocycles. The van der Waals surface area contributed by atoms with E-state index in [1.165, 1.54) is 6.07 Å². The highest BCUT2D eigenvalue weighted by Gasteiger charge is 2.11. The Balaban J connectivity index is 2.00. The van der Waals surface area contributed by atoms with Crippen LogP contribution < -0.4 is 15.4 Å². The normalized spacial score (nSPS) is 10.5. The standard InChI is InChI=1S/C14H14F2N2O2S/c1-9-4-5-12(20-13(15)16)11(7-9)18-14(21)17-8-10-3-2-6-19-10/h2-7,13H,8H2,1H3,(H2,17,18,21). The van der Waals surface area contributed by atoms with Gasteiger partial charge in [-0.2, -0.15) is 8.78 Å². The van der Waals surface area contributed by atoms with Crippen LogP contribution in [0.25, 0.3) is 0 Å². The fourth-order valence-corrected chi connectivity index (χ4v) is 1.87. The molecule has 0 radical (unpaired) electrons. The zero-order chi connectivity index (χ0) is 15.2. The van der Waals surface area contributed by atoms with Gasteiger partial charge in [-0.1, -0.05) is 6.07 Å². The highest BCUT2D eigenvalue weighted by atomic mass is 32.1. The molecule has 2 aromatic rings. The van der Waals surface area contributed by atoms with E-state index >= 15 is 0 Å². The van der Waals surface area contributed by atoms with Gasteiger partial charge in [0.2, 0.25) is 0 Å². The van der Waals surface area contributed by atoms with Crippen LogP contribution in [0.4, 0.5) is 14.5 Å². The Bertz CT molecular complexity index is 603. The number of nitrogens with one attached hydrogen (secondary N) is 2. The fourth-order valence-electron chi connectivity index (χ4n) is 1.69. The van der Waals surface area contributed by atoms with Crippen LogP contribution in [0.15, 0.2) is 41.0 Å². The molecule has 21 heavy (non-hydrogen) atoms. The molecule has 0 unspecified atom stereocenters. The summed E-state index contributed by atoms with van der Waals surface area (Å²) < 4.78 is 34.3. The number of ether oxygens (including phenoxy) is 1. The molecule has 2 N–H and O–H groups in total. The second kappa shape index (κ2) is 7.03. The summed E-state index contributed by atoms with van der Waals surface area (Å²) in [4.78, 5) is 0. The summed E-state index contributed by atoms with van der Waals surface area (Å²) in [5.41, 5.74) is 1.28. The molecule has 0 saturated heterocycles. The summed E-state index contributed by atoms with van der Waals surface area (Å²) in [5.74, 6) is 0.755. The van der Waals surface area contributed by atoms with Gasteiger partial charge < -0.3 is 19.8 Å². The van der Waals surface area contributed by atoms with E-state index in [0.717, 1.165) is 5.56 Å². The van der Waals surface area contributed by atoms with Gasteiger partial charge in [0.25, 0.3) is 0 Å². The predicted octanol–water partition coefficient (Wildman–Crippen LogP) is 3.68. The van der Waals surface area contributed by atoms with Crippen molar-refractivity contribution in [3.05, 3.63) is 47.9 Å². The predicted molar refractivity (Wildman–Crippen MR) is 79.6 cm³/mol. The molecule has 0 amide bonds. The van der Waals surface area contributed by atoms with Crippen molar-refractivity contribution in [2.75, 3.05) is 5.32 Å². The quantitative estimate of drug-likeness (QED) is 0.825. The zero-order valence-corrected chi connectivity index (χ0v) is 12.0. The first kappa shape index (κ1) is 15.2. The lowest BCUT2D eigenvalue weighted by atomic mass is 10.2. The minimum absolute atomic E-state index is 0.0396. The van der Waals surface area contributed by atoms with E-state index in [4.69, 9.17) is 16.6 Å². The first-order chi connectivity index (χ1) is 10.0. The van der Waals surface area contributed by atoms with Crippen molar-refractivity contribution in [1.82, 2.24) is 5.32 Å². The molecule has 4 nitrogen and oxygen atoms in total. The lowest BCUT2D eigenvalue weighted by molar-refractivity contribution is -0.0493. The van der Waals surface area contributed by atoms with Crippen LogP contribution in [-0.4, -0.2) is 11.7 Å². The van der Waals surface area contributed by atoms with Gasteiger partial charge in [0.15, 0.2) is 5.11 Å². The average Bonchev–Trinajstić information content (AvgIpc) is 2.92. The maximum absolute atomic E-state index is 12.4. The van der Waals surface area contributed by atoms with Gasteiger partial charge in [-0.05, 0) is 49.0 Å². The maximum Gasteiger partial charge on any atom is 0.387 e. The largest absolute Gasteiger partial charge is 0.467 e. The number of furan rings is 1. The van der Waals surface area contributed by atoms with Crippen LogP contribution in [0.1, 0.15) is 11.3 Å². The second-order valence-electron chi connectivity index (χ2n) is 4.27. The van der Waals surface area contributed by atoms with E-state index in [1.54, 1.807) is 30.5 Å². The van der Waals surface area contributed by atoms with Crippen LogP contribution in [0.2, 0.25) is 0 Å². The van der Waals surface area contributed by atoms with Gasteiger partial charge in [0.1, 0.15) is 11.5 Å². The van der Waals surface area contributed by atoms with E-state index in [-0.39, 0.29) is 10.9 Å². The van der Waals surface area contributed by atoms with Crippen molar-refractivity contribution in [3.63, 3.8) is 0 Å². The van der Waals surface area contributed by atoms with Crippen LogP contribution in [0.3, 0.4) is 0 Å². The smallest absolute Gasteiger partial charge is 0.387 e. The Morgan fingerprint density at radius 3 is 2.86 bits per heavy atom. The van der Waals surface area contributed by atoms with Gasteiger partial charge >= 0.3 is 6.61 Å². The molecule has 0 aliphatic carbocycles. The lowest BCUT2D eigenvalue weighted by Gasteiger charge is -2.14. The van der Waals surface area contributed by atoms with Gasteiger partial charge in [0.05, 0.1) is 18.5 Å². The van der Waals surface area contributed by atoms with Gasteiger partial charge in [-0.25, -0.2) is 0 Å².